The van der Waals surface area contributed by atoms with Crippen LogP contribution in [0.4, 0.5) is 23.0 Å². The van der Waals surface area contributed by atoms with Crippen LogP contribution in [0.5, 0.6) is 0 Å². The molecule has 1 heterocycles. The van der Waals surface area contributed by atoms with Gasteiger partial charge in [-0.05, 0) is 43.4 Å². The number of nitrogens with two attached hydrogens (primary N) is 1. The fraction of sp³-hybridized carbons (Fsp3) is 0.0556. The van der Waals surface area contributed by atoms with E-state index in [9.17, 15) is 13.2 Å². The van der Waals surface area contributed by atoms with Crippen molar-refractivity contribution >= 4 is 38.9 Å². The number of rotatable bonds is 7. The molecule has 0 saturated heterocycles. The van der Waals surface area contributed by atoms with Gasteiger partial charge in [-0.15, -0.1) is 0 Å². The number of hydrogen-bond acceptors (Lipinski definition) is 7. The number of primary amides is 1. The molecule has 28 heavy (non-hydrogen) atoms. The van der Waals surface area contributed by atoms with Crippen LogP contribution in [-0.2, 0) is 10.0 Å². The number of carbonyl (C=O) groups is 1. The fourth-order valence-electron chi connectivity index (χ4n) is 2.40. The van der Waals surface area contributed by atoms with Gasteiger partial charge in [0, 0.05) is 23.0 Å². The number of nitrogens with one attached hydrogen (secondary N) is 3. The maximum atomic E-state index is 11.9. The van der Waals surface area contributed by atoms with Gasteiger partial charge in [-0.25, -0.2) is 23.1 Å². The Balaban J connectivity index is 1.80. The molecule has 0 saturated carbocycles. The molecule has 1 amide bonds. The van der Waals surface area contributed by atoms with Gasteiger partial charge in [-0.1, -0.05) is 12.1 Å². The molecule has 5 N–H and O–H groups in total. The van der Waals surface area contributed by atoms with Crippen LogP contribution >= 0.6 is 0 Å². The number of carbonyl (C=O) groups excluding carboxylic acids is 1. The molecule has 1 aromatic heterocycles. The number of sulfonamides is 1. The summed E-state index contributed by atoms with van der Waals surface area (Å²) in [5.74, 6) is 0.422. The van der Waals surface area contributed by atoms with E-state index in [0.29, 0.717) is 28.6 Å². The van der Waals surface area contributed by atoms with Gasteiger partial charge in [0.25, 0.3) is 0 Å². The normalized spacial score (nSPS) is 11.0. The predicted molar refractivity (Wildman–Crippen MR) is 106 cm³/mol. The second-order valence-electron chi connectivity index (χ2n) is 5.72. The Bertz CT molecular complexity index is 1120. The largest absolute Gasteiger partial charge is 0.366 e. The van der Waals surface area contributed by atoms with E-state index in [1.807, 2.05) is 0 Å². The van der Waals surface area contributed by atoms with Crippen LogP contribution in [0.25, 0.3) is 0 Å². The quantitative estimate of drug-likeness (QED) is 0.477. The van der Waals surface area contributed by atoms with E-state index in [1.54, 1.807) is 42.5 Å². The van der Waals surface area contributed by atoms with Crippen molar-refractivity contribution in [1.82, 2.24) is 14.7 Å². The summed E-state index contributed by atoms with van der Waals surface area (Å²) in [6, 6.07) is 14.7. The van der Waals surface area contributed by atoms with E-state index in [-0.39, 0.29) is 4.90 Å². The zero-order valence-corrected chi connectivity index (χ0v) is 15.7. The smallest absolute Gasteiger partial charge is 0.248 e. The first-order chi connectivity index (χ1) is 13.4. The SMILES string of the molecule is CNS(=O)(=O)c1cccc(Nc2cc(Nc3cccc(C(N)=O)c3)ncn2)c1. The van der Waals surface area contributed by atoms with Crippen LogP contribution in [0.15, 0.2) is 65.8 Å². The molecule has 3 rings (SSSR count). The highest BCUT2D eigenvalue weighted by Crippen LogP contribution is 2.21. The molecule has 2 aromatic carbocycles. The van der Waals surface area contributed by atoms with Crippen molar-refractivity contribution in [2.45, 2.75) is 4.90 Å². The van der Waals surface area contributed by atoms with E-state index in [2.05, 4.69) is 25.3 Å². The number of aromatic nitrogens is 2. The van der Waals surface area contributed by atoms with E-state index in [4.69, 9.17) is 5.73 Å². The van der Waals surface area contributed by atoms with Gasteiger partial charge in [0.1, 0.15) is 18.0 Å². The topological polar surface area (TPSA) is 139 Å². The minimum Gasteiger partial charge on any atom is -0.366 e. The minimum absolute atomic E-state index is 0.135. The Morgan fingerprint density at radius 2 is 1.54 bits per heavy atom. The zero-order valence-electron chi connectivity index (χ0n) is 14.9. The summed E-state index contributed by atoms with van der Waals surface area (Å²) in [5.41, 5.74) is 6.86. The van der Waals surface area contributed by atoms with Crippen molar-refractivity contribution in [3.8, 4) is 0 Å². The Morgan fingerprint density at radius 1 is 0.929 bits per heavy atom. The molecule has 10 heteroatoms. The van der Waals surface area contributed by atoms with Gasteiger partial charge in [-0.3, -0.25) is 4.79 Å². The highest BCUT2D eigenvalue weighted by atomic mass is 32.2. The zero-order chi connectivity index (χ0) is 20.1. The van der Waals surface area contributed by atoms with Crippen LogP contribution in [-0.4, -0.2) is 31.3 Å². The maximum Gasteiger partial charge on any atom is 0.248 e. The summed E-state index contributed by atoms with van der Waals surface area (Å²) < 4.78 is 26.1. The Morgan fingerprint density at radius 3 is 2.14 bits per heavy atom. The molecule has 0 radical (unpaired) electrons. The van der Waals surface area contributed by atoms with Gasteiger partial charge in [0.05, 0.1) is 4.90 Å². The first-order valence-corrected chi connectivity index (χ1v) is 9.65. The predicted octanol–water partition coefficient (Wildman–Crippen LogP) is 1.97. The summed E-state index contributed by atoms with van der Waals surface area (Å²) in [6.07, 6.45) is 1.36. The second kappa shape index (κ2) is 8.03. The van der Waals surface area contributed by atoms with E-state index in [1.165, 1.54) is 25.5 Å². The molecule has 0 aliphatic carbocycles. The lowest BCUT2D eigenvalue weighted by molar-refractivity contribution is 0.100. The third kappa shape index (κ3) is 4.61. The minimum atomic E-state index is -3.55. The van der Waals surface area contributed by atoms with Crippen LogP contribution in [0.1, 0.15) is 10.4 Å². The van der Waals surface area contributed by atoms with Crippen molar-refractivity contribution in [3.63, 3.8) is 0 Å². The van der Waals surface area contributed by atoms with Crippen LogP contribution < -0.4 is 21.1 Å². The van der Waals surface area contributed by atoms with Crippen molar-refractivity contribution in [2.75, 3.05) is 17.7 Å². The molecule has 0 unspecified atom stereocenters. The van der Waals surface area contributed by atoms with Gasteiger partial charge in [-0.2, -0.15) is 0 Å². The highest BCUT2D eigenvalue weighted by molar-refractivity contribution is 7.89. The monoisotopic (exact) mass is 398 g/mol. The number of nitrogens with zero attached hydrogens (tertiary/aromatic N) is 2. The van der Waals surface area contributed by atoms with E-state index in [0.717, 1.165) is 0 Å². The lowest BCUT2D eigenvalue weighted by Gasteiger charge is -2.10. The van der Waals surface area contributed by atoms with Crippen molar-refractivity contribution < 1.29 is 13.2 Å². The van der Waals surface area contributed by atoms with E-state index < -0.39 is 15.9 Å². The average Bonchev–Trinajstić information content (AvgIpc) is 2.68. The van der Waals surface area contributed by atoms with Crippen LogP contribution in [0.2, 0.25) is 0 Å². The van der Waals surface area contributed by atoms with Gasteiger partial charge in [0.15, 0.2) is 0 Å². The highest BCUT2D eigenvalue weighted by Gasteiger charge is 2.11. The summed E-state index contributed by atoms with van der Waals surface area (Å²) in [5, 5.41) is 6.10. The molecule has 0 aliphatic rings. The molecule has 0 fully saturated rings. The van der Waals surface area contributed by atoms with Crippen LogP contribution in [0.3, 0.4) is 0 Å². The Hall–Kier alpha value is -3.50. The summed E-state index contributed by atoms with van der Waals surface area (Å²) >= 11 is 0. The van der Waals surface area contributed by atoms with Crippen molar-refractivity contribution in [1.29, 1.82) is 0 Å². The summed E-state index contributed by atoms with van der Waals surface area (Å²) in [4.78, 5) is 19.7. The number of benzene rings is 2. The Kier molecular flexibility index (Phi) is 5.52. The average molecular weight is 398 g/mol. The maximum absolute atomic E-state index is 11.9. The molecule has 3 aromatic rings. The Labute approximate surface area is 162 Å². The first-order valence-electron chi connectivity index (χ1n) is 8.17. The van der Waals surface area contributed by atoms with Gasteiger partial charge < -0.3 is 16.4 Å². The third-order valence-electron chi connectivity index (χ3n) is 3.77. The van der Waals surface area contributed by atoms with Crippen LogP contribution in [0, 0.1) is 0 Å². The van der Waals surface area contributed by atoms with Gasteiger partial charge in [0.2, 0.25) is 15.9 Å². The van der Waals surface area contributed by atoms with E-state index >= 15 is 0 Å². The second-order valence-corrected chi connectivity index (χ2v) is 7.61. The molecule has 0 atom stereocenters. The van der Waals surface area contributed by atoms with Crippen molar-refractivity contribution in [3.05, 3.63) is 66.5 Å². The van der Waals surface area contributed by atoms with Gasteiger partial charge >= 0.3 is 0 Å². The third-order valence-corrected chi connectivity index (χ3v) is 5.18. The number of hydrogen-bond donors (Lipinski definition) is 4. The molecule has 0 spiro atoms. The molecule has 9 nitrogen and oxygen atoms in total. The lowest BCUT2D eigenvalue weighted by atomic mass is 10.2. The van der Waals surface area contributed by atoms with Crippen molar-refractivity contribution in [2.24, 2.45) is 5.73 Å². The fourth-order valence-corrected chi connectivity index (χ4v) is 3.17. The number of amides is 1. The summed E-state index contributed by atoms with van der Waals surface area (Å²) in [6.45, 7) is 0. The summed E-state index contributed by atoms with van der Waals surface area (Å²) in [7, 11) is -2.19. The first kappa shape index (κ1) is 19.3. The lowest BCUT2D eigenvalue weighted by Crippen LogP contribution is -2.18. The standard InChI is InChI=1S/C18H18N6O3S/c1-20-28(26,27)15-7-3-6-14(9-15)24-17-10-16(21-11-22-17)23-13-5-2-4-12(8-13)18(19)25/h2-11,20H,1H3,(H2,19,25)(H2,21,22,23,24). The number of anilines is 4. The molecular weight excluding hydrogens is 380 g/mol. The molecular formula is C18H18N6O3S. The molecule has 0 aliphatic heterocycles. The molecule has 144 valence electrons. The molecule has 0 bridgehead atoms.